The molecule has 0 spiro atoms. The van der Waals surface area contributed by atoms with E-state index in [-0.39, 0.29) is 0 Å². The lowest BCUT2D eigenvalue weighted by Crippen LogP contribution is -2.38. The first kappa shape index (κ1) is 18.0. The Hall–Kier alpha value is -3.37. The first-order chi connectivity index (χ1) is 13.7. The highest BCUT2D eigenvalue weighted by atomic mass is 16.4. The fourth-order valence-electron chi connectivity index (χ4n) is 3.45. The van der Waals surface area contributed by atoms with Crippen LogP contribution in [0.15, 0.2) is 85.1 Å². The molecule has 0 bridgehead atoms. The van der Waals surface area contributed by atoms with Gasteiger partial charge in [0.15, 0.2) is 0 Å². The van der Waals surface area contributed by atoms with Crippen LogP contribution in [0, 0.1) is 0 Å². The van der Waals surface area contributed by atoms with Crippen LogP contribution in [0.4, 0.5) is 0 Å². The van der Waals surface area contributed by atoms with Crippen LogP contribution in [-0.4, -0.2) is 22.1 Å². The summed E-state index contributed by atoms with van der Waals surface area (Å²) in [5.41, 5.74) is 5.42. The van der Waals surface area contributed by atoms with Gasteiger partial charge in [-0.25, -0.2) is 0 Å². The Kier molecular flexibility index (Phi) is 5.22. The average molecular weight is 370 g/mol. The van der Waals surface area contributed by atoms with Crippen LogP contribution >= 0.6 is 0 Å². The number of rotatable bonds is 7. The number of fused-ring (bicyclic) bond motifs is 1. The highest BCUT2D eigenvalue weighted by Gasteiger charge is 2.19. The van der Waals surface area contributed by atoms with E-state index in [0.717, 1.165) is 27.6 Å². The zero-order chi connectivity index (χ0) is 19.3. The summed E-state index contributed by atoms with van der Waals surface area (Å²) < 4.78 is 0. The minimum Gasteiger partial charge on any atom is -0.480 e. The average Bonchev–Trinajstić information content (AvgIpc) is 3.15. The van der Waals surface area contributed by atoms with Crippen molar-refractivity contribution < 1.29 is 9.90 Å². The fraction of sp³-hybridized carbons (Fsp3) is 0.125. The van der Waals surface area contributed by atoms with E-state index in [2.05, 4.69) is 34.6 Å². The molecule has 1 atom stereocenters. The Morgan fingerprint density at radius 1 is 0.893 bits per heavy atom. The van der Waals surface area contributed by atoms with Gasteiger partial charge in [0.2, 0.25) is 0 Å². The van der Waals surface area contributed by atoms with Crippen molar-refractivity contribution in [1.29, 1.82) is 0 Å². The number of benzene rings is 3. The number of nitrogens with one attached hydrogen (secondary N) is 2. The molecule has 0 saturated carbocycles. The Bertz CT molecular complexity index is 1070. The molecule has 140 valence electrons. The topological polar surface area (TPSA) is 65.1 Å². The number of hydrogen-bond acceptors (Lipinski definition) is 2. The molecule has 1 heterocycles. The smallest absolute Gasteiger partial charge is 0.321 e. The van der Waals surface area contributed by atoms with Gasteiger partial charge in [-0.1, -0.05) is 72.8 Å². The van der Waals surface area contributed by atoms with Crippen LogP contribution in [0.5, 0.6) is 0 Å². The predicted molar refractivity (Wildman–Crippen MR) is 112 cm³/mol. The van der Waals surface area contributed by atoms with E-state index >= 15 is 0 Å². The monoisotopic (exact) mass is 370 g/mol. The highest BCUT2D eigenvalue weighted by Crippen LogP contribution is 2.21. The van der Waals surface area contributed by atoms with Crippen molar-refractivity contribution >= 4 is 16.9 Å². The van der Waals surface area contributed by atoms with E-state index in [9.17, 15) is 9.90 Å². The summed E-state index contributed by atoms with van der Waals surface area (Å²) in [6, 6.07) is 25.7. The van der Waals surface area contributed by atoms with E-state index < -0.39 is 12.0 Å². The molecular formula is C24H22N2O2. The second-order valence-corrected chi connectivity index (χ2v) is 6.90. The predicted octanol–water partition coefficient (Wildman–Crippen LogP) is 4.62. The summed E-state index contributed by atoms with van der Waals surface area (Å²) in [7, 11) is 0. The Morgan fingerprint density at radius 2 is 1.57 bits per heavy atom. The normalized spacial score (nSPS) is 12.1. The number of aliphatic carboxylic acids is 1. The van der Waals surface area contributed by atoms with E-state index in [1.165, 1.54) is 5.56 Å². The lowest BCUT2D eigenvalue weighted by Gasteiger charge is -2.14. The van der Waals surface area contributed by atoms with Crippen LogP contribution in [0.25, 0.3) is 22.0 Å². The molecule has 0 saturated heterocycles. The largest absolute Gasteiger partial charge is 0.480 e. The highest BCUT2D eigenvalue weighted by molar-refractivity contribution is 5.84. The zero-order valence-electron chi connectivity index (χ0n) is 15.4. The van der Waals surface area contributed by atoms with E-state index in [0.29, 0.717) is 13.0 Å². The standard InChI is InChI=1S/C24H22N2O2/c27-24(28)23(14-20-16-26-22-9-5-4-8-21(20)22)25-15-17-10-12-19(13-11-17)18-6-2-1-3-7-18/h1-13,16,23,25-26H,14-15H2,(H,27,28)/t23-/m0/s1. The van der Waals surface area contributed by atoms with E-state index in [4.69, 9.17) is 0 Å². The van der Waals surface area contributed by atoms with E-state index in [1.807, 2.05) is 60.8 Å². The third-order valence-electron chi connectivity index (χ3n) is 5.01. The molecule has 4 nitrogen and oxygen atoms in total. The van der Waals surface area contributed by atoms with Gasteiger partial charge in [-0.2, -0.15) is 0 Å². The number of carbonyl (C=O) groups is 1. The molecule has 3 N–H and O–H groups in total. The second-order valence-electron chi connectivity index (χ2n) is 6.90. The van der Waals surface area contributed by atoms with Crippen LogP contribution in [0.3, 0.4) is 0 Å². The lowest BCUT2D eigenvalue weighted by molar-refractivity contribution is -0.139. The molecule has 28 heavy (non-hydrogen) atoms. The molecule has 0 fully saturated rings. The summed E-state index contributed by atoms with van der Waals surface area (Å²) in [6.45, 7) is 0.508. The van der Waals surface area contributed by atoms with Crippen LogP contribution in [0.1, 0.15) is 11.1 Å². The van der Waals surface area contributed by atoms with Crippen molar-refractivity contribution in [2.75, 3.05) is 0 Å². The number of H-pyrrole nitrogens is 1. The number of carboxylic acid groups (broad SMARTS) is 1. The minimum atomic E-state index is -0.841. The third-order valence-corrected chi connectivity index (χ3v) is 5.01. The Labute approximate surface area is 163 Å². The summed E-state index contributed by atoms with van der Waals surface area (Å²) in [5, 5.41) is 13.9. The van der Waals surface area contributed by atoms with Gasteiger partial charge < -0.3 is 15.4 Å². The fourth-order valence-corrected chi connectivity index (χ4v) is 3.45. The van der Waals surface area contributed by atoms with Crippen LogP contribution in [0.2, 0.25) is 0 Å². The van der Waals surface area contributed by atoms with Crippen molar-refractivity contribution in [1.82, 2.24) is 10.3 Å². The van der Waals surface area contributed by atoms with Gasteiger partial charge in [0.25, 0.3) is 0 Å². The van der Waals surface area contributed by atoms with Crippen molar-refractivity contribution in [2.24, 2.45) is 0 Å². The second kappa shape index (κ2) is 8.11. The molecular weight excluding hydrogens is 348 g/mol. The van der Waals surface area contributed by atoms with Gasteiger partial charge in [-0.3, -0.25) is 4.79 Å². The lowest BCUT2D eigenvalue weighted by atomic mass is 10.0. The maximum Gasteiger partial charge on any atom is 0.321 e. The molecule has 1 aromatic heterocycles. The molecule has 4 rings (SSSR count). The Balaban J connectivity index is 1.43. The van der Waals surface area contributed by atoms with Crippen molar-refractivity contribution in [3.05, 3.63) is 96.2 Å². The molecule has 4 aromatic rings. The summed E-state index contributed by atoms with van der Waals surface area (Å²) >= 11 is 0. The minimum absolute atomic E-state index is 0.432. The van der Waals surface area contributed by atoms with Crippen molar-refractivity contribution in [3.63, 3.8) is 0 Å². The van der Waals surface area contributed by atoms with Crippen LogP contribution in [-0.2, 0) is 17.8 Å². The van der Waals surface area contributed by atoms with Gasteiger partial charge in [-0.15, -0.1) is 0 Å². The van der Waals surface area contributed by atoms with Crippen LogP contribution < -0.4 is 5.32 Å². The molecule has 3 aromatic carbocycles. The van der Waals surface area contributed by atoms with Gasteiger partial charge in [0, 0.05) is 30.1 Å². The number of para-hydroxylation sites is 1. The third kappa shape index (κ3) is 3.97. The number of aromatic nitrogens is 1. The van der Waals surface area contributed by atoms with Crippen molar-refractivity contribution in [2.45, 2.75) is 19.0 Å². The number of hydrogen-bond donors (Lipinski definition) is 3. The molecule has 0 aliphatic carbocycles. The summed E-state index contributed by atoms with van der Waals surface area (Å²) in [5.74, 6) is -0.841. The number of aromatic amines is 1. The maximum atomic E-state index is 11.7. The van der Waals surface area contributed by atoms with Gasteiger partial charge in [0.1, 0.15) is 6.04 Å². The maximum absolute atomic E-state index is 11.7. The zero-order valence-corrected chi connectivity index (χ0v) is 15.4. The van der Waals surface area contributed by atoms with Gasteiger partial charge in [-0.05, 0) is 28.3 Å². The van der Waals surface area contributed by atoms with E-state index in [1.54, 1.807) is 0 Å². The molecule has 0 radical (unpaired) electrons. The number of carboxylic acids is 1. The molecule has 0 aliphatic heterocycles. The molecule has 4 heteroatoms. The quantitative estimate of drug-likeness (QED) is 0.445. The summed E-state index contributed by atoms with van der Waals surface area (Å²) in [6.07, 6.45) is 2.33. The molecule has 0 unspecified atom stereocenters. The molecule has 0 aliphatic rings. The van der Waals surface area contributed by atoms with Gasteiger partial charge in [0.05, 0.1) is 0 Å². The first-order valence-corrected chi connectivity index (χ1v) is 9.36. The SMILES string of the molecule is O=C(O)[C@H](Cc1c[nH]c2ccccc12)NCc1ccc(-c2ccccc2)cc1. The summed E-state index contributed by atoms with van der Waals surface area (Å²) in [4.78, 5) is 15.0. The first-order valence-electron chi connectivity index (χ1n) is 9.36. The molecule has 0 amide bonds. The van der Waals surface area contributed by atoms with Gasteiger partial charge >= 0.3 is 5.97 Å². The van der Waals surface area contributed by atoms with Crippen molar-refractivity contribution in [3.8, 4) is 11.1 Å². The Morgan fingerprint density at radius 3 is 2.32 bits per heavy atom.